The number of ether oxygens (including phenoxy) is 1. The summed E-state index contributed by atoms with van der Waals surface area (Å²) in [7, 11) is 0. The van der Waals surface area contributed by atoms with Gasteiger partial charge in [-0.25, -0.2) is 0 Å². The van der Waals surface area contributed by atoms with Gasteiger partial charge in [0.15, 0.2) is 0 Å². The first-order chi connectivity index (χ1) is 6.74. The molecule has 0 saturated carbocycles. The zero-order chi connectivity index (χ0) is 10.8. The molecule has 6 heteroatoms. The van der Waals surface area contributed by atoms with Crippen LogP contribution in [0, 0.1) is 0 Å². The third-order valence-corrected chi connectivity index (χ3v) is 1.80. The van der Waals surface area contributed by atoms with Gasteiger partial charge in [-0.3, -0.25) is 0 Å². The van der Waals surface area contributed by atoms with Gasteiger partial charge in [-0.1, -0.05) is 12.0 Å². The molecule has 0 radical (unpaired) electrons. The van der Waals surface area contributed by atoms with Gasteiger partial charge >= 0.3 is 0 Å². The van der Waals surface area contributed by atoms with Crippen molar-refractivity contribution in [2.45, 2.75) is 31.9 Å². The van der Waals surface area contributed by atoms with Crippen LogP contribution in [0.1, 0.15) is 19.8 Å². The zero-order valence-corrected chi connectivity index (χ0v) is 8.33. The zero-order valence-electron chi connectivity index (χ0n) is 8.33. The van der Waals surface area contributed by atoms with Gasteiger partial charge in [-0.05, 0) is 18.4 Å². The molecule has 0 heterocycles. The third-order valence-electron chi connectivity index (χ3n) is 1.80. The first kappa shape index (κ1) is 13.2. The second kappa shape index (κ2) is 8.77. The number of aliphatic hydroxyl groups is 2. The van der Waals surface area contributed by atoms with Crippen molar-refractivity contribution in [3.63, 3.8) is 0 Å². The van der Waals surface area contributed by atoms with Crippen molar-refractivity contribution in [1.29, 1.82) is 0 Å². The molecule has 82 valence electrons. The van der Waals surface area contributed by atoms with E-state index < -0.39 is 6.04 Å². The highest BCUT2D eigenvalue weighted by Crippen LogP contribution is 1.98. The normalized spacial score (nSPS) is 14.5. The van der Waals surface area contributed by atoms with Crippen molar-refractivity contribution < 1.29 is 14.9 Å². The number of rotatable bonds is 8. The lowest BCUT2D eigenvalue weighted by atomic mass is 10.2. The summed E-state index contributed by atoms with van der Waals surface area (Å²) < 4.78 is 5.13. The topological polar surface area (TPSA) is 98.5 Å². The minimum atomic E-state index is -0.529. The molecule has 14 heavy (non-hydrogen) atoms. The van der Waals surface area contributed by atoms with Crippen LogP contribution in [0.2, 0.25) is 0 Å². The molecule has 0 aromatic rings. The second-order valence-corrected chi connectivity index (χ2v) is 2.97. The summed E-state index contributed by atoms with van der Waals surface area (Å²) in [6, 6.07) is -0.529. The van der Waals surface area contributed by atoms with E-state index in [0.29, 0.717) is 19.4 Å². The van der Waals surface area contributed by atoms with E-state index >= 15 is 0 Å². The monoisotopic (exact) mass is 203 g/mol. The Balaban J connectivity index is 3.46. The third kappa shape index (κ3) is 6.68. The molecule has 0 aliphatic carbocycles. The van der Waals surface area contributed by atoms with Gasteiger partial charge in [-0.2, -0.15) is 0 Å². The molecule has 6 nitrogen and oxygen atoms in total. The van der Waals surface area contributed by atoms with E-state index in [4.69, 9.17) is 15.4 Å². The standard InChI is InChI=1S/C8H17N3O3/c1-2-8(13)3-4-14-6-7(5-12)10-11-9/h7-8,12-13H,2-6H2,1H3. The summed E-state index contributed by atoms with van der Waals surface area (Å²) in [5.74, 6) is 0. The van der Waals surface area contributed by atoms with E-state index in [2.05, 4.69) is 10.0 Å². The maximum atomic E-state index is 9.17. The van der Waals surface area contributed by atoms with E-state index in [0.717, 1.165) is 0 Å². The Kier molecular flexibility index (Phi) is 8.27. The number of aliphatic hydroxyl groups excluding tert-OH is 2. The van der Waals surface area contributed by atoms with E-state index in [-0.39, 0.29) is 19.3 Å². The summed E-state index contributed by atoms with van der Waals surface area (Å²) in [6.45, 7) is 2.27. The van der Waals surface area contributed by atoms with Gasteiger partial charge < -0.3 is 14.9 Å². The minimum Gasteiger partial charge on any atom is -0.396 e. The fourth-order valence-corrected chi connectivity index (χ4v) is 0.838. The fraction of sp³-hybridized carbons (Fsp3) is 1.00. The van der Waals surface area contributed by atoms with Crippen LogP contribution >= 0.6 is 0 Å². The molecule has 0 aliphatic heterocycles. The van der Waals surface area contributed by atoms with Crippen molar-refractivity contribution in [2.75, 3.05) is 19.8 Å². The highest BCUT2D eigenvalue weighted by molar-refractivity contribution is 4.64. The first-order valence-electron chi connectivity index (χ1n) is 4.65. The average molecular weight is 203 g/mol. The van der Waals surface area contributed by atoms with Crippen LogP contribution in [-0.2, 0) is 4.74 Å². The predicted octanol–water partition coefficient (Wildman–Crippen LogP) is 0.835. The molecular weight excluding hydrogens is 186 g/mol. The molecule has 0 fully saturated rings. The van der Waals surface area contributed by atoms with Crippen molar-refractivity contribution in [2.24, 2.45) is 5.11 Å². The van der Waals surface area contributed by atoms with Crippen molar-refractivity contribution in [3.8, 4) is 0 Å². The van der Waals surface area contributed by atoms with E-state index in [1.165, 1.54) is 0 Å². The lowest BCUT2D eigenvalue weighted by Crippen LogP contribution is -2.19. The summed E-state index contributed by atoms with van der Waals surface area (Å²) in [5.41, 5.74) is 8.10. The van der Waals surface area contributed by atoms with Crippen LogP contribution in [0.5, 0.6) is 0 Å². The summed E-state index contributed by atoms with van der Waals surface area (Å²) in [5, 5.41) is 21.2. The predicted molar refractivity (Wildman–Crippen MR) is 51.8 cm³/mol. The van der Waals surface area contributed by atoms with Crippen LogP contribution < -0.4 is 0 Å². The molecule has 0 bridgehead atoms. The van der Waals surface area contributed by atoms with Gasteiger partial charge in [0.2, 0.25) is 0 Å². The average Bonchev–Trinajstić information content (AvgIpc) is 2.22. The Hall–Kier alpha value is -0.810. The molecule has 0 rings (SSSR count). The van der Waals surface area contributed by atoms with Crippen LogP contribution in [0.4, 0.5) is 0 Å². The molecule has 2 N–H and O–H groups in total. The molecule has 0 aromatic carbocycles. The summed E-state index contributed by atoms with van der Waals surface area (Å²) >= 11 is 0. The largest absolute Gasteiger partial charge is 0.396 e. The van der Waals surface area contributed by atoms with Crippen molar-refractivity contribution >= 4 is 0 Å². The van der Waals surface area contributed by atoms with Gasteiger partial charge in [0.25, 0.3) is 0 Å². The number of azide groups is 1. The quantitative estimate of drug-likeness (QED) is 0.264. The fourth-order valence-electron chi connectivity index (χ4n) is 0.838. The maximum Gasteiger partial charge on any atom is 0.0838 e. The Bertz CT molecular complexity index is 183. The summed E-state index contributed by atoms with van der Waals surface area (Å²) in [4.78, 5) is 2.57. The summed E-state index contributed by atoms with van der Waals surface area (Å²) in [6.07, 6.45) is 0.913. The number of hydrogen-bond acceptors (Lipinski definition) is 4. The van der Waals surface area contributed by atoms with E-state index in [1.54, 1.807) is 0 Å². The Morgan fingerprint density at radius 2 is 2.29 bits per heavy atom. The molecule has 0 amide bonds. The molecule has 0 saturated heterocycles. The molecule has 0 aliphatic rings. The maximum absolute atomic E-state index is 9.17. The lowest BCUT2D eigenvalue weighted by molar-refractivity contribution is 0.0649. The minimum absolute atomic E-state index is 0.191. The highest BCUT2D eigenvalue weighted by Gasteiger charge is 2.05. The number of nitrogens with zero attached hydrogens (tertiary/aromatic N) is 3. The Labute approximate surface area is 83.1 Å². The van der Waals surface area contributed by atoms with Crippen LogP contribution in [-0.4, -0.2) is 42.2 Å². The van der Waals surface area contributed by atoms with E-state index in [9.17, 15) is 5.11 Å². The van der Waals surface area contributed by atoms with Crippen LogP contribution in [0.15, 0.2) is 5.11 Å². The van der Waals surface area contributed by atoms with Crippen molar-refractivity contribution in [3.05, 3.63) is 10.4 Å². The van der Waals surface area contributed by atoms with Gasteiger partial charge in [-0.15, -0.1) is 0 Å². The smallest absolute Gasteiger partial charge is 0.0838 e. The molecule has 0 spiro atoms. The molecule has 0 aromatic heterocycles. The van der Waals surface area contributed by atoms with Crippen LogP contribution in [0.25, 0.3) is 10.4 Å². The second-order valence-electron chi connectivity index (χ2n) is 2.97. The molecule has 2 atom stereocenters. The first-order valence-corrected chi connectivity index (χ1v) is 4.65. The molecule has 2 unspecified atom stereocenters. The Morgan fingerprint density at radius 3 is 2.79 bits per heavy atom. The number of hydrogen-bond donors (Lipinski definition) is 2. The van der Waals surface area contributed by atoms with Crippen molar-refractivity contribution in [1.82, 2.24) is 0 Å². The van der Waals surface area contributed by atoms with Gasteiger partial charge in [0.05, 0.1) is 25.4 Å². The van der Waals surface area contributed by atoms with Crippen LogP contribution in [0.3, 0.4) is 0 Å². The highest BCUT2D eigenvalue weighted by atomic mass is 16.5. The van der Waals surface area contributed by atoms with Gasteiger partial charge in [0.1, 0.15) is 0 Å². The molecular formula is C8H17N3O3. The SMILES string of the molecule is CCC(O)CCOCC(CO)N=[N+]=[N-]. The Morgan fingerprint density at radius 1 is 1.57 bits per heavy atom. The lowest BCUT2D eigenvalue weighted by Gasteiger charge is -2.10. The van der Waals surface area contributed by atoms with E-state index in [1.807, 2.05) is 6.92 Å². The van der Waals surface area contributed by atoms with Gasteiger partial charge in [0, 0.05) is 11.5 Å².